The van der Waals surface area contributed by atoms with Crippen LogP contribution < -0.4 is 5.73 Å². The Balaban J connectivity index is 1.59. The number of hydrogen-bond donors (Lipinski definition) is 1. The minimum atomic E-state index is -0.795. The number of piperidine rings is 1. The van der Waals surface area contributed by atoms with Gasteiger partial charge in [0.2, 0.25) is 0 Å². The fraction of sp³-hybridized carbons (Fsp3) is 0.391. The molecular weight excluding hydrogens is 371 g/mol. The zero-order valence-electron chi connectivity index (χ0n) is 16.6. The lowest BCUT2D eigenvalue weighted by molar-refractivity contribution is 0.0598. The molecule has 6 heteroatoms. The predicted octanol–water partition coefficient (Wildman–Crippen LogP) is 4.12. The third kappa shape index (κ3) is 5.64. The first-order chi connectivity index (χ1) is 14.0. The van der Waals surface area contributed by atoms with Gasteiger partial charge in [0.25, 0.3) is 0 Å². The molecule has 2 N–H and O–H groups in total. The Kier molecular flexibility index (Phi) is 6.99. The normalized spacial score (nSPS) is 16.3. The number of Topliss-reactive ketones (excluding diaryl/α,β-unsaturated/α-hetero) is 1. The Morgan fingerprint density at radius 1 is 1.10 bits per heavy atom. The number of aryl methyl sites for hydroxylation is 1. The summed E-state index contributed by atoms with van der Waals surface area (Å²) >= 11 is 0. The summed E-state index contributed by atoms with van der Waals surface area (Å²) in [5.74, 6) is -0.357. The Morgan fingerprint density at radius 2 is 1.72 bits per heavy atom. The van der Waals surface area contributed by atoms with E-state index < -0.39 is 12.2 Å². The summed E-state index contributed by atoms with van der Waals surface area (Å²) in [5, 5.41) is 0. The molecule has 3 rings (SSSR count). The number of benzene rings is 2. The van der Waals surface area contributed by atoms with Gasteiger partial charge in [-0.2, -0.15) is 0 Å². The van der Waals surface area contributed by atoms with Gasteiger partial charge >= 0.3 is 6.09 Å². The standard InChI is InChI=1S/C23H27FN2O3/c1-2-16-3-5-17(6-4-16)21(29-23(25)28)15-26-13-11-19(12-14-26)22(27)18-7-9-20(24)10-8-18/h3-10,19,21H,2,11-15H2,1H3,(H2,25,28). The van der Waals surface area contributed by atoms with Gasteiger partial charge in [0, 0.05) is 18.0 Å². The number of rotatable bonds is 7. The van der Waals surface area contributed by atoms with Crippen molar-refractivity contribution in [2.24, 2.45) is 11.7 Å². The van der Waals surface area contributed by atoms with E-state index in [0.29, 0.717) is 24.9 Å². The van der Waals surface area contributed by atoms with Crippen LogP contribution in [0.2, 0.25) is 0 Å². The number of hydrogen-bond acceptors (Lipinski definition) is 4. The molecule has 1 fully saturated rings. The Hall–Kier alpha value is -2.73. The smallest absolute Gasteiger partial charge is 0.405 e. The second-order valence-electron chi connectivity index (χ2n) is 7.47. The van der Waals surface area contributed by atoms with Crippen molar-refractivity contribution in [3.8, 4) is 0 Å². The number of halogens is 1. The Bertz CT molecular complexity index is 828. The van der Waals surface area contributed by atoms with Crippen LogP contribution in [-0.2, 0) is 11.2 Å². The number of ether oxygens (including phenoxy) is 1. The van der Waals surface area contributed by atoms with Gasteiger partial charge in [-0.25, -0.2) is 9.18 Å². The second-order valence-corrected chi connectivity index (χ2v) is 7.47. The van der Waals surface area contributed by atoms with E-state index in [0.717, 1.165) is 25.1 Å². The first kappa shape index (κ1) is 21.0. The van der Waals surface area contributed by atoms with Gasteiger partial charge in [0.15, 0.2) is 5.78 Å². The van der Waals surface area contributed by atoms with Crippen molar-refractivity contribution < 1.29 is 18.7 Å². The number of ketones is 1. The molecule has 2 aromatic carbocycles. The second kappa shape index (κ2) is 9.65. The molecule has 1 atom stereocenters. The Morgan fingerprint density at radius 3 is 2.28 bits per heavy atom. The summed E-state index contributed by atoms with van der Waals surface area (Å²) < 4.78 is 18.4. The number of likely N-dealkylation sites (tertiary alicyclic amines) is 1. The van der Waals surface area contributed by atoms with Crippen molar-refractivity contribution in [1.82, 2.24) is 4.90 Å². The number of nitrogens with zero attached hydrogens (tertiary/aromatic N) is 1. The molecule has 29 heavy (non-hydrogen) atoms. The summed E-state index contributed by atoms with van der Waals surface area (Å²) in [4.78, 5) is 26.2. The fourth-order valence-corrected chi connectivity index (χ4v) is 3.78. The minimum Gasteiger partial charge on any atom is -0.440 e. The van der Waals surface area contributed by atoms with E-state index in [1.807, 2.05) is 24.3 Å². The lowest BCUT2D eigenvalue weighted by Crippen LogP contribution is -2.39. The third-order valence-electron chi connectivity index (χ3n) is 5.53. The van der Waals surface area contributed by atoms with Crippen LogP contribution in [0.25, 0.3) is 0 Å². The number of nitrogens with two attached hydrogens (primary N) is 1. The predicted molar refractivity (Wildman–Crippen MR) is 109 cm³/mol. The zero-order chi connectivity index (χ0) is 20.8. The maximum atomic E-state index is 13.1. The van der Waals surface area contributed by atoms with E-state index in [1.165, 1.54) is 17.7 Å². The van der Waals surface area contributed by atoms with Gasteiger partial charge in [-0.15, -0.1) is 0 Å². The highest BCUT2D eigenvalue weighted by Gasteiger charge is 2.28. The minimum absolute atomic E-state index is 0.0599. The monoisotopic (exact) mass is 398 g/mol. The van der Waals surface area contributed by atoms with Gasteiger partial charge in [-0.05, 0) is 67.7 Å². The van der Waals surface area contributed by atoms with Gasteiger partial charge in [0.05, 0.1) is 0 Å². The van der Waals surface area contributed by atoms with Crippen molar-refractivity contribution >= 4 is 11.9 Å². The molecule has 0 spiro atoms. The van der Waals surface area contributed by atoms with Crippen LogP contribution in [0.15, 0.2) is 48.5 Å². The number of amides is 1. The molecule has 0 radical (unpaired) electrons. The van der Waals surface area contributed by atoms with E-state index in [2.05, 4.69) is 11.8 Å². The van der Waals surface area contributed by atoms with Gasteiger partial charge in [-0.1, -0.05) is 31.2 Å². The van der Waals surface area contributed by atoms with Gasteiger partial charge in [-0.3, -0.25) is 9.69 Å². The van der Waals surface area contributed by atoms with Crippen molar-refractivity contribution in [2.75, 3.05) is 19.6 Å². The van der Waals surface area contributed by atoms with E-state index in [1.54, 1.807) is 12.1 Å². The Labute approximate surface area is 170 Å². The van der Waals surface area contributed by atoms with E-state index in [9.17, 15) is 14.0 Å². The number of carbonyl (C=O) groups is 2. The molecule has 1 saturated heterocycles. The average Bonchev–Trinajstić information content (AvgIpc) is 2.73. The summed E-state index contributed by atoms with van der Waals surface area (Å²) in [5.41, 5.74) is 7.95. The number of primary amides is 1. The number of carbonyl (C=O) groups excluding carboxylic acids is 2. The fourth-order valence-electron chi connectivity index (χ4n) is 3.78. The van der Waals surface area contributed by atoms with Crippen LogP contribution in [-0.4, -0.2) is 36.4 Å². The molecule has 154 valence electrons. The lowest BCUT2D eigenvalue weighted by Gasteiger charge is -2.33. The van der Waals surface area contributed by atoms with Gasteiger partial charge in [0.1, 0.15) is 11.9 Å². The summed E-state index contributed by atoms with van der Waals surface area (Å²) in [6.07, 6.45) is 1.14. The van der Waals surface area contributed by atoms with Crippen molar-refractivity contribution in [3.63, 3.8) is 0 Å². The molecule has 1 unspecified atom stereocenters. The topological polar surface area (TPSA) is 72.6 Å². The van der Waals surface area contributed by atoms with E-state index in [4.69, 9.17) is 10.5 Å². The SMILES string of the molecule is CCc1ccc(C(CN2CCC(C(=O)c3ccc(F)cc3)CC2)OC(N)=O)cc1. The van der Waals surface area contributed by atoms with Crippen molar-refractivity contribution in [3.05, 3.63) is 71.0 Å². The third-order valence-corrected chi connectivity index (χ3v) is 5.53. The summed E-state index contributed by atoms with van der Waals surface area (Å²) in [7, 11) is 0. The summed E-state index contributed by atoms with van der Waals surface area (Å²) in [6, 6.07) is 13.7. The molecule has 0 saturated carbocycles. The van der Waals surface area contributed by atoms with Crippen LogP contribution in [0, 0.1) is 11.7 Å². The molecule has 0 aromatic heterocycles. The molecule has 1 aliphatic rings. The molecule has 1 aliphatic heterocycles. The average molecular weight is 398 g/mol. The maximum Gasteiger partial charge on any atom is 0.405 e. The highest BCUT2D eigenvalue weighted by Crippen LogP contribution is 2.26. The zero-order valence-corrected chi connectivity index (χ0v) is 16.6. The lowest BCUT2D eigenvalue weighted by atomic mass is 9.88. The molecule has 2 aromatic rings. The first-order valence-electron chi connectivity index (χ1n) is 10.0. The molecular formula is C23H27FN2O3. The molecule has 5 nitrogen and oxygen atoms in total. The van der Waals surface area contributed by atoms with Crippen molar-refractivity contribution in [2.45, 2.75) is 32.3 Å². The molecule has 0 bridgehead atoms. The maximum absolute atomic E-state index is 13.1. The van der Waals surface area contributed by atoms with Crippen LogP contribution >= 0.6 is 0 Å². The summed E-state index contributed by atoms with van der Waals surface area (Å²) in [6.45, 7) is 4.07. The van der Waals surface area contributed by atoms with Crippen LogP contribution in [0.4, 0.5) is 9.18 Å². The van der Waals surface area contributed by atoms with E-state index >= 15 is 0 Å². The van der Waals surface area contributed by atoms with Crippen molar-refractivity contribution in [1.29, 1.82) is 0 Å². The van der Waals surface area contributed by atoms with Gasteiger partial charge < -0.3 is 10.5 Å². The first-order valence-corrected chi connectivity index (χ1v) is 10.0. The van der Waals surface area contributed by atoms with E-state index in [-0.39, 0.29) is 17.5 Å². The quantitative estimate of drug-likeness (QED) is 0.712. The highest BCUT2D eigenvalue weighted by molar-refractivity contribution is 5.97. The highest BCUT2D eigenvalue weighted by atomic mass is 19.1. The molecule has 1 heterocycles. The van der Waals surface area contributed by atoms with Crippen LogP contribution in [0.3, 0.4) is 0 Å². The molecule has 0 aliphatic carbocycles. The largest absolute Gasteiger partial charge is 0.440 e. The molecule has 1 amide bonds. The van der Waals surface area contributed by atoms with Crippen LogP contribution in [0.1, 0.15) is 47.4 Å². The van der Waals surface area contributed by atoms with Crippen LogP contribution in [0.5, 0.6) is 0 Å².